The van der Waals surface area contributed by atoms with Crippen LogP contribution in [0.5, 0.6) is 11.5 Å². The molecule has 0 heterocycles. The minimum atomic E-state index is -2.92. The third kappa shape index (κ3) is 6.32. The molecular formula is C15H18O7P2+2. The molecule has 9 heteroatoms. The molecule has 0 spiro atoms. The maximum absolute atomic E-state index is 9.39. The van der Waals surface area contributed by atoms with E-state index in [0.29, 0.717) is 0 Å². The third-order valence-electron chi connectivity index (χ3n) is 3.32. The highest BCUT2D eigenvalue weighted by Gasteiger charge is 2.31. The summed E-state index contributed by atoms with van der Waals surface area (Å²) in [5.74, 6) is 0.547. The van der Waals surface area contributed by atoms with Gasteiger partial charge < -0.3 is 10.2 Å². The van der Waals surface area contributed by atoms with Crippen LogP contribution in [0, 0.1) is 0 Å². The van der Waals surface area contributed by atoms with E-state index < -0.39 is 16.5 Å². The lowest BCUT2D eigenvalue weighted by Gasteiger charge is -2.26. The van der Waals surface area contributed by atoms with E-state index in [-0.39, 0.29) is 16.9 Å². The maximum Gasteiger partial charge on any atom is 0.745 e. The van der Waals surface area contributed by atoms with Crippen molar-refractivity contribution in [2.75, 3.05) is 0 Å². The monoisotopic (exact) mass is 372 g/mol. The Morgan fingerprint density at radius 1 is 0.750 bits per heavy atom. The average molecular weight is 372 g/mol. The van der Waals surface area contributed by atoms with Gasteiger partial charge in [-0.25, -0.2) is 0 Å². The molecule has 2 unspecified atom stereocenters. The lowest BCUT2D eigenvalue weighted by molar-refractivity contribution is 0.371. The van der Waals surface area contributed by atoms with Gasteiger partial charge in [0, 0.05) is 14.5 Å². The lowest BCUT2D eigenvalue weighted by atomic mass is 9.78. The van der Waals surface area contributed by atoms with Crippen LogP contribution in [0.1, 0.15) is 25.0 Å². The minimum Gasteiger partial charge on any atom is -0.508 e. The fraction of sp³-hybridized carbons (Fsp3) is 0.200. The Morgan fingerprint density at radius 3 is 1.25 bits per heavy atom. The summed E-state index contributed by atoms with van der Waals surface area (Å²) in [6.45, 7) is 4.23. The SMILES string of the molecule is CC(C)(c1ccc(O)cc1)c1ccc(O)cc1.O=[P+](O)O[P+](=O)O. The molecule has 24 heavy (non-hydrogen) atoms. The van der Waals surface area contributed by atoms with Gasteiger partial charge in [-0.2, -0.15) is 0 Å². The fourth-order valence-electron chi connectivity index (χ4n) is 1.98. The van der Waals surface area contributed by atoms with Gasteiger partial charge in [0.15, 0.2) is 4.31 Å². The first-order valence-corrected chi connectivity index (χ1v) is 8.98. The van der Waals surface area contributed by atoms with Crippen molar-refractivity contribution in [2.45, 2.75) is 19.3 Å². The zero-order valence-corrected chi connectivity index (χ0v) is 14.8. The molecule has 0 aliphatic rings. The van der Waals surface area contributed by atoms with Gasteiger partial charge in [-0.05, 0) is 35.4 Å². The largest absolute Gasteiger partial charge is 0.745 e. The van der Waals surface area contributed by atoms with Crippen LogP contribution in [0.15, 0.2) is 48.5 Å². The van der Waals surface area contributed by atoms with Crippen molar-refractivity contribution in [3.05, 3.63) is 59.7 Å². The van der Waals surface area contributed by atoms with Crippen molar-refractivity contribution < 1.29 is 33.4 Å². The first kappa shape index (κ1) is 20.2. The standard InChI is InChI=1S/C15H16O2.O5P2/c1-15(2,11-3-7-13(16)8-4-11)12-5-9-14(17)10-6-12;1-6(2)5-7(3)4/h3-10,16-17H,1-2H3;/p+2. The summed E-state index contributed by atoms with van der Waals surface area (Å²) in [5.41, 5.74) is 2.10. The van der Waals surface area contributed by atoms with Crippen LogP contribution in [0.2, 0.25) is 0 Å². The summed E-state index contributed by atoms with van der Waals surface area (Å²) in [5, 5.41) is 18.6. The fourth-order valence-corrected chi connectivity index (χ4v) is 2.46. The number of phenols is 2. The summed E-state index contributed by atoms with van der Waals surface area (Å²) in [6, 6.07) is 14.4. The van der Waals surface area contributed by atoms with E-state index in [1.807, 2.05) is 24.3 Å². The van der Waals surface area contributed by atoms with Gasteiger partial charge in [-0.1, -0.05) is 38.1 Å². The van der Waals surface area contributed by atoms with Gasteiger partial charge in [0.05, 0.1) is 0 Å². The van der Waals surface area contributed by atoms with Crippen LogP contribution < -0.4 is 0 Å². The summed E-state index contributed by atoms with van der Waals surface area (Å²) in [4.78, 5) is 15.3. The van der Waals surface area contributed by atoms with Gasteiger partial charge >= 0.3 is 16.5 Å². The molecule has 0 amide bonds. The van der Waals surface area contributed by atoms with E-state index in [2.05, 4.69) is 18.2 Å². The predicted octanol–water partition coefficient (Wildman–Crippen LogP) is 3.73. The van der Waals surface area contributed by atoms with E-state index in [0.717, 1.165) is 11.1 Å². The molecule has 0 aliphatic carbocycles. The van der Waals surface area contributed by atoms with Crippen LogP contribution in [-0.4, -0.2) is 20.0 Å². The maximum atomic E-state index is 9.39. The van der Waals surface area contributed by atoms with E-state index in [1.54, 1.807) is 24.3 Å². The molecule has 2 aromatic carbocycles. The Hall–Kier alpha value is -1.88. The first-order chi connectivity index (χ1) is 11.1. The van der Waals surface area contributed by atoms with Gasteiger partial charge in [-0.15, -0.1) is 9.79 Å². The zero-order valence-electron chi connectivity index (χ0n) is 13.0. The van der Waals surface area contributed by atoms with E-state index in [9.17, 15) is 19.3 Å². The molecule has 0 saturated heterocycles. The molecule has 2 rings (SSSR count). The number of phenolic OH excluding ortho intramolecular Hbond substituents is 2. The average Bonchev–Trinajstić information content (AvgIpc) is 2.47. The second kappa shape index (κ2) is 8.83. The molecule has 0 fully saturated rings. The predicted molar refractivity (Wildman–Crippen MR) is 89.1 cm³/mol. The van der Waals surface area contributed by atoms with E-state index in [4.69, 9.17) is 9.79 Å². The molecule has 0 aromatic heterocycles. The highest BCUT2D eigenvalue weighted by atomic mass is 31.2. The van der Waals surface area contributed by atoms with Crippen molar-refractivity contribution in [2.24, 2.45) is 0 Å². The van der Waals surface area contributed by atoms with Crippen molar-refractivity contribution in [1.29, 1.82) is 0 Å². The highest BCUT2D eigenvalue weighted by molar-refractivity contribution is 7.46. The molecule has 2 atom stereocenters. The molecule has 7 nitrogen and oxygen atoms in total. The molecule has 4 N–H and O–H groups in total. The summed E-state index contributed by atoms with van der Waals surface area (Å²) < 4.78 is 22.2. The minimum absolute atomic E-state index is 0.151. The summed E-state index contributed by atoms with van der Waals surface area (Å²) in [7, 11) is -5.85. The van der Waals surface area contributed by atoms with Crippen molar-refractivity contribution in [3.8, 4) is 11.5 Å². The normalized spacial score (nSPS) is 12.0. The van der Waals surface area contributed by atoms with Crippen LogP contribution in [0.4, 0.5) is 0 Å². The Bertz CT molecular complexity index is 637. The Balaban J connectivity index is 0.000000351. The van der Waals surface area contributed by atoms with Gasteiger partial charge in [0.2, 0.25) is 0 Å². The Kier molecular flexibility index (Phi) is 7.42. The third-order valence-corrected chi connectivity index (χ3v) is 4.44. The molecular weight excluding hydrogens is 354 g/mol. The van der Waals surface area contributed by atoms with Crippen LogP contribution >= 0.6 is 16.5 Å². The Morgan fingerprint density at radius 2 is 1.04 bits per heavy atom. The number of rotatable bonds is 4. The van der Waals surface area contributed by atoms with Gasteiger partial charge in [0.1, 0.15) is 11.5 Å². The smallest absolute Gasteiger partial charge is 0.508 e. The number of hydrogen-bond acceptors (Lipinski definition) is 5. The number of benzene rings is 2. The first-order valence-electron chi connectivity index (χ1n) is 6.72. The van der Waals surface area contributed by atoms with Gasteiger partial charge in [-0.3, -0.25) is 0 Å². The highest BCUT2D eigenvalue weighted by Crippen LogP contribution is 2.33. The van der Waals surface area contributed by atoms with Crippen LogP contribution in [0.3, 0.4) is 0 Å². The molecule has 0 bridgehead atoms. The van der Waals surface area contributed by atoms with Crippen molar-refractivity contribution >= 4 is 16.5 Å². The second-order valence-corrected chi connectivity index (χ2v) is 6.88. The van der Waals surface area contributed by atoms with E-state index in [1.165, 1.54) is 0 Å². The van der Waals surface area contributed by atoms with Gasteiger partial charge in [0.25, 0.3) is 0 Å². The summed E-state index contributed by atoms with van der Waals surface area (Å²) in [6.07, 6.45) is 0. The molecule has 128 valence electrons. The van der Waals surface area contributed by atoms with Crippen molar-refractivity contribution in [1.82, 2.24) is 0 Å². The lowest BCUT2D eigenvalue weighted by Crippen LogP contribution is -2.18. The van der Waals surface area contributed by atoms with Crippen molar-refractivity contribution in [3.63, 3.8) is 0 Å². The number of hydrogen-bond donors (Lipinski definition) is 4. The molecule has 2 aromatic rings. The molecule has 0 saturated carbocycles. The van der Waals surface area contributed by atoms with Crippen LogP contribution in [0.25, 0.3) is 0 Å². The topological polar surface area (TPSA) is 124 Å². The number of aromatic hydroxyl groups is 2. The molecule has 0 radical (unpaired) electrons. The Labute approximate surface area is 141 Å². The molecule has 0 aliphatic heterocycles. The zero-order chi connectivity index (χ0) is 18.3. The quantitative estimate of drug-likeness (QED) is 0.603. The van der Waals surface area contributed by atoms with E-state index >= 15 is 0 Å². The summed E-state index contributed by atoms with van der Waals surface area (Å²) >= 11 is 0. The second-order valence-electron chi connectivity index (χ2n) is 5.28. The van der Waals surface area contributed by atoms with Crippen LogP contribution in [-0.2, 0) is 18.9 Å².